The fraction of sp³-hybridized carbons (Fsp3) is 0.250. The highest BCUT2D eigenvalue weighted by atomic mass is 16.6. The van der Waals surface area contributed by atoms with Crippen molar-refractivity contribution in [1.82, 2.24) is 10.9 Å². The molecule has 1 heterocycles. The Morgan fingerprint density at radius 3 is 2.40 bits per heavy atom. The first-order valence-electron chi connectivity index (χ1n) is 8.95. The fourth-order valence-corrected chi connectivity index (χ4v) is 2.40. The van der Waals surface area contributed by atoms with Crippen LogP contribution in [0, 0.1) is 0 Å². The van der Waals surface area contributed by atoms with Crippen molar-refractivity contribution in [2.75, 3.05) is 26.9 Å². The first-order chi connectivity index (χ1) is 14.5. The Labute approximate surface area is 172 Å². The number of carbonyl (C=O) groups excluding carboxylic acids is 3. The maximum absolute atomic E-state index is 12.1. The number of esters is 1. The van der Waals surface area contributed by atoms with Crippen molar-refractivity contribution in [3.05, 3.63) is 48.5 Å². The van der Waals surface area contributed by atoms with E-state index < -0.39 is 30.5 Å². The van der Waals surface area contributed by atoms with Crippen molar-refractivity contribution < 1.29 is 38.1 Å². The lowest BCUT2D eigenvalue weighted by molar-refractivity contribution is -0.151. The minimum atomic E-state index is -0.930. The van der Waals surface area contributed by atoms with Crippen LogP contribution < -0.4 is 29.8 Å². The Balaban J connectivity index is 1.33. The topological polar surface area (TPSA) is 121 Å². The number of rotatable bonds is 7. The van der Waals surface area contributed by atoms with E-state index >= 15 is 0 Å². The molecule has 10 nitrogen and oxygen atoms in total. The number of hydrogen-bond donors (Lipinski definition) is 2. The molecule has 0 bridgehead atoms. The van der Waals surface area contributed by atoms with Crippen LogP contribution in [-0.4, -0.2) is 50.8 Å². The zero-order valence-corrected chi connectivity index (χ0v) is 16.1. The molecule has 2 aromatic carbocycles. The van der Waals surface area contributed by atoms with Crippen LogP contribution in [-0.2, 0) is 19.1 Å². The second-order valence-corrected chi connectivity index (χ2v) is 6.03. The molecule has 0 spiro atoms. The van der Waals surface area contributed by atoms with Crippen LogP contribution in [0.5, 0.6) is 23.0 Å². The molecular formula is C20H20N2O8. The number of nitrogens with one attached hydrogen (secondary N) is 2. The van der Waals surface area contributed by atoms with Gasteiger partial charge in [-0.05, 0) is 36.4 Å². The molecule has 0 saturated carbocycles. The van der Waals surface area contributed by atoms with Gasteiger partial charge in [-0.2, -0.15) is 0 Å². The average Bonchev–Trinajstić information content (AvgIpc) is 2.79. The maximum atomic E-state index is 12.1. The Morgan fingerprint density at radius 1 is 0.967 bits per heavy atom. The first kappa shape index (κ1) is 20.8. The summed E-state index contributed by atoms with van der Waals surface area (Å²) in [4.78, 5) is 35.5. The van der Waals surface area contributed by atoms with E-state index in [-0.39, 0.29) is 13.2 Å². The predicted molar refractivity (Wildman–Crippen MR) is 102 cm³/mol. The molecule has 0 unspecified atom stereocenters. The number of hydrazine groups is 1. The number of hydrogen-bond acceptors (Lipinski definition) is 8. The zero-order valence-electron chi connectivity index (χ0n) is 16.1. The van der Waals surface area contributed by atoms with E-state index in [0.717, 1.165) is 0 Å². The number of carbonyl (C=O) groups is 3. The molecule has 0 radical (unpaired) electrons. The van der Waals surface area contributed by atoms with Crippen LogP contribution >= 0.6 is 0 Å². The number of para-hydroxylation sites is 2. The summed E-state index contributed by atoms with van der Waals surface area (Å²) in [5.41, 5.74) is 4.34. The van der Waals surface area contributed by atoms with Gasteiger partial charge in [-0.3, -0.25) is 20.4 Å². The number of benzene rings is 2. The molecule has 0 aromatic heterocycles. The molecule has 158 valence electrons. The van der Waals surface area contributed by atoms with Crippen LogP contribution in [0.2, 0.25) is 0 Å². The van der Waals surface area contributed by atoms with Crippen molar-refractivity contribution >= 4 is 17.8 Å². The Morgan fingerprint density at radius 2 is 1.67 bits per heavy atom. The van der Waals surface area contributed by atoms with Gasteiger partial charge in [0.25, 0.3) is 11.8 Å². The Kier molecular flexibility index (Phi) is 6.93. The van der Waals surface area contributed by atoms with Gasteiger partial charge in [0.1, 0.15) is 18.1 Å². The van der Waals surface area contributed by atoms with Crippen LogP contribution in [0.25, 0.3) is 0 Å². The molecule has 3 rings (SSSR count). The SMILES string of the molecule is COc1ccc(OCC(=O)OCC(=O)NNC(=O)[C@H]2COc3ccccc3O2)cc1. The summed E-state index contributed by atoms with van der Waals surface area (Å²) in [6.45, 7) is -0.967. The molecule has 2 amide bonds. The molecule has 1 aliphatic heterocycles. The predicted octanol–water partition coefficient (Wildman–Crippen LogP) is 0.605. The third-order valence-corrected chi connectivity index (χ3v) is 3.91. The average molecular weight is 416 g/mol. The zero-order chi connectivity index (χ0) is 21.3. The van der Waals surface area contributed by atoms with E-state index in [1.54, 1.807) is 48.5 Å². The fourth-order valence-electron chi connectivity index (χ4n) is 2.40. The van der Waals surface area contributed by atoms with E-state index in [1.165, 1.54) is 7.11 Å². The van der Waals surface area contributed by atoms with Gasteiger partial charge in [-0.25, -0.2) is 4.79 Å². The van der Waals surface area contributed by atoms with Crippen LogP contribution in [0.1, 0.15) is 0 Å². The molecule has 2 N–H and O–H groups in total. The summed E-state index contributed by atoms with van der Waals surface area (Å²) < 4.78 is 26.0. The molecular weight excluding hydrogens is 396 g/mol. The second-order valence-electron chi connectivity index (χ2n) is 6.03. The smallest absolute Gasteiger partial charge is 0.344 e. The molecule has 1 atom stereocenters. The molecule has 0 aliphatic carbocycles. The standard InChI is InChI=1S/C20H20N2O8/c1-26-13-6-8-14(9-7-13)27-12-19(24)29-11-18(23)21-22-20(25)17-10-28-15-4-2-3-5-16(15)30-17/h2-9,17H,10-12H2,1H3,(H,21,23)(H,22,25)/t17-/m1/s1. The summed E-state index contributed by atoms with van der Waals surface area (Å²) >= 11 is 0. The summed E-state index contributed by atoms with van der Waals surface area (Å²) in [5.74, 6) is -0.00707. The minimum Gasteiger partial charge on any atom is -0.497 e. The van der Waals surface area contributed by atoms with E-state index in [9.17, 15) is 14.4 Å². The van der Waals surface area contributed by atoms with Crippen molar-refractivity contribution in [1.29, 1.82) is 0 Å². The number of amides is 2. The van der Waals surface area contributed by atoms with Gasteiger partial charge >= 0.3 is 5.97 Å². The lowest BCUT2D eigenvalue weighted by atomic mass is 10.2. The first-order valence-corrected chi connectivity index (χ1v) is 8.95. The lowest BCUT2D eigenvalue weighted by Gasteiger charge is -2.25. The van der Waals surface area contributed by atoms with E-state index in [0.29, 0.717) is 23.0 Å². The van der Waals surface area contributed by atoms with E-state index in [2.05, 4.69) is 10.9 Å². The van der Waals surface area contributed by atoms with Crippen molar-refractivity contribution in [2.45, 2.75) is 6.10 Å². The number of ether oxygens (including phenoxy) is 5. The monoisotopic (exact) mass is 416 g/mol. The van der Waals surface area contributed by atoms with Gasteiger partial charge < -0.3 is 23.7 Å². The third-order valence-electron chi connectivity index (χ3n) is 3.91. The molecule has 0 saturated heterocycles. The quantitative estimate of drug-likeness (QED) is 0.497. The van der Waals surface area contributed by atoms with E-state index in [4.69, 9.17) is 23.7 Å². The van der Waals surface area contributed by atoms with E-state index in [1.807, 2.05) is 0 Å². The van der Waals surface area contributed by atoms with Gasteiger partial charge in [0.15, 0.2) is 24.7 Å². The number of methoxy groups -OCH3 is 1. The summed E-state index contributed by atoms with van der Waals surface area (Å²) in [6.07, 6.45) is -0.930. The second kappa shape index (κ2) is 10.0. The molecule has 2 aromatic rings. The molecule has 1 aliphatic rings. The minimum absolute atomic E-state index is 0.00357. The van der Waals surface area contributed by atoms with Crippen LogP contribution in [0.3, 0.4) is 0 Å². The van der Waals surface area contributed by atoms with Gasteiger partial charge in [0.05, 0.1) is 7.11 Å². The molecule has 0 fully saturated rings. The largest absolute Gasteiger partial charge is 0.497 e. The Bertz CT molecular complexity index is 900. The van der Waals surface area contributed by atoms with Gasteiger partial charge in [-0.15, -0.1) is 0 Å². The summed E-state index contributed by atoms with van der Waals surface area (Å²) in [5, 5.41) is 0. The van der Waals surface area contributed by atoms with Crippen molar-refractivity contribution in [2.24, 2.45) is 0 Å². The molecule has 10 heteroatoms. The van der Waals surface area contributed by atoms with Crippen molar-refractivity contribution in [3.63, 3.8) is 0 Å². The highest BCUT2D eigenvalue weighted by Crippen LogP contribution is 2.30. The summed E-state index contributed by atoms with van der Waals surface area (Å²) in [6, 6.07) is 13.5. The number of fused-ring (bicyclic) bond motifs is 1. The highest BCUT2D eigenvalue weighted by Gasteiger charge is 2.27. The highest BCUT2D eigenvalue weighted by molar-refractivity contribution is 5.86. The maximum Gasteiger partial charge on any atom is 0.344 e. The van der Waals surface area contributed by atoms with Crippen LogP contribution in [0.4, 0.5) is 0 Å². The lowest BCUT2D eigenvalue weighted by Crippen LogP contribution is -2.51. The normalized spacial score (nSPS) is 14.2. The van der Waals surface area contributed by atoms with Gasteiger partial charge in [0, 0.05) is 0 Å². The summed E-state index contributed by atoms with van der Waals surface area (Å²) in [7, 11) is 1.54. The van der Waals surface area contributed by atoms with Gasteiger partial charge in [0.2, 0.25) is 6.10 Å². The van der Waals surface area contributed by atoms with Gasteiger partial charge in [-0.1, -0.05) is 12.1 Å². The van der Waals surface area contributed by atoms with Crippen molar-refractivity contribution in [3.8, 4) is 23.0 Å². The molecule has 30 heavy (non-hydrogen) atoms. The van der Waals surface area contributed by atoms with Crippen LogP contribution in [0.15, 0.2) is 48.5 Å². The third kappa shape index (κ3) is 5.77. The Hall–Kier alpha value is -3.95.